The Hall–Kier alpha value is -2.30. The number of nitrogens with zero attached hydrogens (tertiary/aromatic N) is 3. The van der Waals surface area contributed by atoms with E-state index in [0.29, 0.717) is 19.4 Å². The normalized spacial score (nSPS) is 18.0. The van der Waals surface area contributed by atoms with E-state index >= 15 is 0 Å². The number of carbonyl (C=O) groups is 1. The number of likely N-dealkylation sites (tertiary alicyclic amines) is 1. The zero-order valence-corrected chi connectivity index (χ0v) is 16.7. The van der Waals surface area contributed by atoms with Gasteiger partial charge in [0.25, 0.3) is 5.56 Å². The number of amides is 1. The molecule has 29 heavy (non-hydrogen) atoms. The largest absolute Gasteiger partial charge is 0.393 e. The Kier molecular flexibility index (Phi) is 7.50. The van der Waals surface area contributed by atoms with Crippen LogP contribution in [0.15, 0.2) is 9.59 Å². The minimum Gasteiger partial charge on any atom is -0.383 e. The molecule has 0 radical (unpaired) electrons. The van der Waals surface area contributed by atoms with Gasteiger partial charge in [-0.3, -0.25) is 24.0 Å². The smallest absolute Gasteiger partial charge is 0.383 e. The Morgan fingerprint density at radius 2 is 2.00 bits per heavy atom. The number of aromatic amines is 1. The van der Waals surface area contributed by atoms with Gasteiger partial charge in [-0.05, 0) is 32.7 Å². The molecule has 2 heterocycles. The van der Waals surface area contributed by atoms with Crippen LogP contribution in [0.25, 0.3) is 0 Å². The summed E-state index contributed by atoms with van der Waals surface area (Å²) in [7, 11) is 0. The molecule has 8 nitrogen and oxygen atoms in total. The van der Waals surface area contributed by atoms with E-state index < -0.39 is 29.3 Å². The van der Waals surface area contributed by atoms with Crippen LogP contribution < -0.4 is 21.9 Å². The number of nitrogens with one attached hydrogen (secondary N) is 1. The molecule has 2 rings (SSSR count). The first-order valence-corrected chi connectivity index (χ1v) is 9.82. The van der Waals surface area contributed by atoms with Crippen LogP contribution in [-0.2, 0) is 11.3 Å². The van der Waals surface area contributed by atoms with E-state index in [1.807, 2.05) is 6.92 Å². The van der Waals surface area contributed by atoms with E-state index in [0.717, 1.165) is 11.3 Å². The van der Waals surface area contributed by atoms with Gasteiger partial charge in [0.2, 0.25) is 5.91 Å². The number of piperidine rings is 1. The molecule has 1 aromatic heterocycles. The van der Waals surface area contributed by atoms with Crippen molar-refractivity contribution in [3.8, 4) is 0 Å². The zero-order valence-electron chi connectivity index (χ0n) is 16.7. The Balaban J connectivity index is 2.26. The second-order valence-electron chi connectivity index (χ2n) is 7.25. The minimum atomic E-state index is -4.30. The van der Waals surface area contributed by atoms with E-state index in [2.05, 4.69) is 4.98 Å². The number of nitrogen functional groups attached to an aromatic ring is 1. The average Bonchev–Trinajstić information content (AvgIpc) is 2.64. The van der Waals surface area contributed by atoms with Crippen LogP contribution in [-0.4, -0.2) is 52.7 Å². The van der Waals surface area contributed by atoms with Crippen molar-refractivity contribution in [3.63, 3.8) is 0 Å². The summed E-state index contributed by atoms with van der Waals surface area (Å²) in [6, 6.07) is 0. The van der Waals surface area contributed by atoms with Gasteiger partial charge in [-0.15, -0.1) is 0 Å². The van der Waals surface area contributed by atoms with Crippen molar-refractivity contribution in [2.45, 2.75) is 52.3 Å². The Labute approximate surface area is 166 Å². The third-order valence-electron chi connectivity index (χ3n) is 5.16. The van der Waals surface area contributed by atoms with Crippen LogP contribution in [0.5, 0.6) is 0 Å². The summed E-state index contributed by atoms with van der Waals surface area (Å²) in [5.41, 5.74) is 4.45. The summed E-state index contributed by atoms with van der Waals surface area (Å²) in [6.07, 6.45) is -2.47. The third-order valence-corrected chi connectivity index (χ3v) is 5.16. The number of carbonyl (C=O) groups excluding carboxylic acids is 1. The molecule has 0 bridgehead atoms. The van der Waals surface area contributed by atoms with Gasteiger partial charge >= 0.3 is 11.9 Å². The number of nitrogens with two attached hydrogens (primary N) is 1. The second kappa shape index (κ2) is 9.47. The Bertz CT molecular complexity index is 834. The number of hydrogen-bond acceptors (Lipinski definition) is 5. The minimum absolute atomic E-state index is 0.0424. The molecule has 1 aromatic rings. The molecule has 3 N–H and O–H groups in total. The summed E-state index contributed by atoms with van der Waals surface area (Å²) >= 11 is 0. The molecule has 164 valence electrons. The van der Waals surface area contributed by atoms with E-state index in [9.17, 15) is 27.6 Å². The second-order valence-corrected chi connectivity index (χ2v) is 7.25. The molecule has 11 heteroatoms. The highest BCUT2D eigenvalue weighted by Gasteiger charge is 2.42. The quantitative estimate of drug-likeness (QED) is 0.698. The first-order chi connectivity index (χ1) is 13.6. The summed E-state index contributed by atoms with van der Waals surface area (Å²) in [4.78, 5) is 42.0. The Morgan fingerprint density at radius 3 is 2.59 bits per heavy atom. The highest BCUT2D eigenvalue weighted by molar-refractivity contribution is 5.96. The molecule has 0 aliphatic carbocycles. The van der Waals surface area contributed by atoms with Gasteiger partial charge in [-0.25, -0.2) is 4.79 Å². The average molecular weight is 419 g/mol. The third kappa shape index (κ3) is 5.40. The van der Waals surface area contributed by atoms with Gasteiger partial charge < -0.3 is 10.6 Å². The molecule has 0 spiro atoms. The number of alkyl halides is 3. The summed E-state index contributed by atoms with van der Waals surface area (Å²) in [5.74, 6) is -2.12. The first-order valence-electron chi connectivity index (χ1n) is 9.82. The summed E-state index contributed by atoms with van der Waals surface area (Å²) < 4.78 is 40.3. The van der Waals surface area contributed by atoms with E-state index in [1.54, 1.807) is 6.92 Å². The van der Waals surface area contributed by atoms with Crippen molar-refractivity contribution in [3.05, 3.63) is 20.8 Å². The molecule has 1 aliphatic heterocycles. The molecular formula is C18H28F3N5O3. The molecule has 0 aromatic carbocycles. The maximum atomic E-state index is 13.0. The molecule has 1 fully saturated rings. The van der Waals surface area contributed by atoms with E-state index in [-0.39, 0.29) is 44.1 Å². The fourth-order valence-electron chi connectivity index (χ4n) is 3.58. The van der Waals surface area contributed by atoms with Crippen LogP contribution in [0, 0.1) is 5.92 Å². The van der Waals surface area contributed by atoms with Gasteiger partial charge in [-0.2, -0.15) is 13.2 Å². The lowest BCUT2D eigenvalue weighted by Gasteiger charge is -2.34. The molecule has 1 aliphatic rings. The monoisotopic (exact) mass is 419 g/mol. The standard InChI is InChI=1S/C18H28F3N5O3/c1-3-5-9-26-15(22)14(16(28)23-17(26)29)25(4-2)13(27)11-24-8-6-7-12(10-24)18(19,20)21/h12H,3-11,22H2,1-2H3,(H,23,28,29). The number of aromatic nitrogens is 2. The van der Waals surface area contributed by atoms with Crippen molar-refractivity contribution in [1.82, 2.24) is 14.5 Å². The first kappa shape index (κ1) is 23.0. The SMILES string of the molecule is CCCCn1c(N)c(N(CC)C(=O)CN2CCCC(C(F)(F)F)C2)c(=O)[nH]c1=O. The maximum Gasteiger partial charge on any atom is 0.393 e. The van der Waals surface area contributed by atoms with Gasteiger partial charge in [0.05, 0.1) is 12.5 Å². The van der Waals surface area contributed by atoms with Crippen molar-refractivity contribution >= 4 is 17.4 Å². The predicted molar refractivity (Wildman–Crippen MR) is 104 cm³/mol. The molecule has 1 atom stereocenters. The van der Waals surface area contributed by atoms with Crippen molar-refractivity contribution in [1.29, 1.82) is 0 Å². The van der Waals surface area contributed by atoms with Crippen LogP contribution in [0.3, 0.4) is 0 Å². The molecule has 1 unspecified atom stereocenters. The topological polar surface area (TPSA) is 104 Å². The molecule has 1 saturated heterocycles. The van der Waals surface area contributed by atoms with Crippen LogP contribution in [0.2, 0.25) is 0 Å². The highest BCUT2D eigenvalue weighted by Crippen LogP contribution is 2.33. The number of H-pyrrole nitrogens is 1. The van der Waals surface area contributed by atoms with E-state index in [4.69, 9.17) is 5.73 Å². The predicted octanol–water partition coefficient (Wildman–Crippen LogP) is 1.55. The zero-order chi connectivity index (χ0) is 21.8. The maximum absolute atomic E-state index is 13.0. The lowest BCUT2D eigenvalue weighted by atomic mass is 9.97. The molecule has 0 saturated carbocycles. The number of rotatable bonds is 7. The van der Waals surface area contributed by atoms with Gasteiger partial charge in [0.1, 0.15) is 5.82 Å². The number of anilines is 2. The highest BCUT2D eigenvalue weighted by atomic mass is 19.4. The number of likely N-dealkylation sites (N-methyl/N-ethyl adjacent to an activating group) is 1. The number of halogens is 3. The van der Waals surface area contributed by atoms with Crippen molar-refractivity contribution in [2.75, 3.05) is 36.8 Å². The van der Waals surface area contributed by atoms with Crippen LogP contribution in [0.4, 0.5) is 24.7 Å². The fourth-order valence-corrected chi connectivity index (χ4v) is 3.58. The van der Waals surface area contributed by atoms with Crippen LogP contribution in [0.1, 0.15) is 39.5 Å². The summed E-state index contributed by atoms with van der Waals surface area (Å²) in [5, 5.41) is 0. The van der Waals surface area contributed by atoms with Crippen molar-refractivity contribution < 1.29 is 18.0 Å². The Morgan fingerprint density at radius 1 is 1.31 bits per heavy atom. The number of hydrogen-bond donors (Lipinski definition) is 2. The number of unbranched alkanes of at least 4 members (excludes halogenated alkanes) is 1. The lowest BCUT2D eigenvalue weighted by Crippen LogP contribution is -2.48. The molecule has 1 amide bonds. The van der Waals surface area contributed by atoms with Gasteiger partial charge in [-0.1, -0.05) is 13.3 Å². The van der Waals surface area contributed by atoms with E-state index in [1.165, 1.54) is 9.47 Å². The summed E-state index contributed by atoms with van der Waals surface area (Å²) in [6.45, 7) is 3.81. The fraction of sp³-hybridized carbons (Fsp3) is 0.722. The van der Waals surface area contributed by atoms with Crippen LogP contribution >= 0.6 is 0 Å². The molecular weight excluding hydrogens is 391 g/mol. The van der Waals surface area contributed by atoms with Crippen molar-refractivity contribution in [2.24, 2.45) is 5.92 Å². The lowest BCUT2D eigenvalue weighted by molar-refractivity contribution is -0.187. The van der Waals surface area contributed by atoms with Gasteiger partial charge in [0.15, 0.2) is 5.69 Å². The van der Waals surface area contributed by atoms with Gasteiger partial charge in [0, 0.05) is 19.6 Å².